The Morgan fingerprint density at radius 1 is 0.935 bits per heavy atom. The molecule has 4 aliphatic heterocycles. The maximum absolute atomic E-state index is 14.1. The molecule has 0 spiro atoms. The molecule has 1 atom stereocenters. The van der Waals surface area contributed by atoms with Crippen molar-refractivity contribution >= 4 is 34.7 Å². The van der Waals surface area contributed by atoms with Crippen molar-refractivity contribution in [2.24, 2.45) is 0 Å². The molecule has 11 heteroatoms. The fourth-order valence-electron chi connectivity index (χ4n) is 7.95. The van der Waals surface area contributed by atoms with Gasteiger partial charge >= 0.3 is 12.1 Å². The minimum absolute atomic E-state index is 0.00801. The van der Waals surface area contributed by atoms with Crippen molar-refractivity contribution < 1.29 is 14.4 Å². The van der Waals surface area contributed by atoms with Gasteiger partial charge in [-0.25, -0.2) is 14.6 Å². The fraction of sp³-hybridized carbons (Fsp3) is 0.543. The zero-order chi connectivity index (χ0) is 31.6. The van der Waals surface area contributed by atoms with Crippen LogP contribution in [0.4, 0.5) is 15.3 Å². The Balaban J connectivity index is 1.01. The van der Waals surface area contributed by atoms with Crippen molar-refractivity contribution in [2.45, 2.75) is 83.0 Å². The molecule has 0 radical (unpaired) electrons. The predicted molar refractivity (Wildman–Crippen MR) is 177 cm³/mol. The molecule has 3 aromatic rings. The van der Waals surface area contributed by atoms with Gasteiger partial charge in [-0.3, -0.25) is 4.79 Å². The highest BCUT2D eigenvalue weighted by molar-refractivity contribution is 5.92. The summed E-state index contributed by atoms with van der Waals surface area (Å²) >= 11 is 0. The van der Waals surface area contributed by atoms with Crippen molar-refractivity contribution in [2.75, 3.05) is 44.6 Å². The summed E-state index contributed by atoms with van der Waals surface area (Å²) in [5.41, 5.74) is 5.86. The molecule has 244 valence electrons. The van der Waals surface area contributed by atoms with Crippen LogP contribution in [0.3, 0.4) is 0 Å². The first kappa shape index (κ1) is 30.5. The molecule has 3 fully saturated rings. The number of aryl methyl sites for hydroxylation is 1. The third-order valence-electron chi connectivity index (χ3n) is 10.5. The molecule has 1 unspecified atom stereocenters. The van der Waals surface area contributed by atoms with Crippen LogP contribution in [0.5, 0.6) is 0 Å². The van der Waals surface area contributed by atoms with Crippen LogP contribution >= 0.6 is 0 Å². The third-order valence-corrected chi connectivity index (χ3v) is 10.5. The number of rotatable bonds is 6. The van der Waals surface area contributed by atoms with Gasteiger partial charge in [-0.05, 0) is 87.4 Å². The van der Waals surface area contributed by atoms with E-state index in [-0.39, 0.29) is 24.0 Å². The first-order chi connectivity index (χ1) is 22.4. The van der Waals surface area contributed by atoms with Gasteiger partial charge in [0.05, 0.1) is 17.4 Å². The molecule has 46 heavy (non-hydrogen) atoms. The third kappa shape index (κ3) is 6.42. The SMILES string of the molecule is Cc1cc(CC(NC(=O)N2CCC(N3Cc4ccccc4NC3=O)CC2)C(=O)N2CCC(N3CCCCC3)CC2)cc2[nH]cnc12. The summed E-state index contributed by atoms with van der Waals surface area (Å²) in [4.78, 5) is 56.6. The van der Waals surface area contributed by atoms with Crippen LogP contribution in [0.2, 0.25) is 0 Å². The summed E-state index contributed by atoms with van der Waals surface area (Å²) in [7, 11) is 0. The quantitative estimate of drug-likeness (QED) is 0.373. The van der Waals surface area contributed by atoms with Crippen molar-refractivity contribution in [3.63, 3.8) is 0 Å². The number of hydrogen-bond acceptors (Lipinski definition) is 5. The molecule has 0 aliphatic carbocycles. The Hall–Kier alpha value is -4.12. The number of carbonyl (C=O) groups excluding carboxylic acids is 3. The highest BCUT2D eigenvalue weighted by Crippen LogP contribution is 2.28. The molecule has 7 rings (SSSR count). The Labute approximate surface area is 270 Å². The van der Waals surface area contributed by atoms with E-state index in [0.29, 0.717) is 44.9 Å². The van der Waals surface area contributed by atoms with Crippen LogP contribution in [0.1, 0.15) is 61.6 Å². The average Bonchev–Trinajstić information content (AvgIpc) is 3.57. The minimum Gasteiger partial charge on any atom is -0.345 e. The van der Waals surface area contributed by atoms with Crippen LogP contribution < -0.4 is 10.6 Å². The summed E-state index contributed by atoms with van der Waals surface area (Å²) in [6.45, 7) is 7.43. The Kier molecular flexibility index (Phi) is 8.84. The number of carbonyl (C=O) groups is 3. The molecule has 5 heterocycles. The van der Waals surface area contributed by atoms with Crippen LogP contribution in [0, 0.1) is 6.92 Å². The maximum Gasteiger partial charge on any atom is 0.322 e. The van der Waals surface area contributed by atoms with Crippen molar-refractivity contribution in [1.29, 1.82) is 0 Å². The Morgan fingerprint density at radius 3 is 2.43 bits per heavy atom. The number of H-pyrrole nitrogens is 1. The molecule has 11 nitrogen and oxygen atoms in total. The standard InChI is InChI=1S/C35H46N8O3/c1-24-19-25(20-30-32(24)37-23-36-30)21-31(33(44)41-15-9-27(10-16-41)40-13-5-2-6-14-40)39-34(45)42-17-11-28(12-18-42)43-22-26-7-3-4-8-29(26)38-35(43)46/h3-4,7-8,19-20,23,27-28,31H,2,5-6,9-18,21-22H2,1H3,(H,36,37)(H,38,46)(H,39,45). The largest absolute Gasteiger partial charge is 0.345 e. The molecule has 0 saturated carbocycles. The van der Waals surface area contributed by atoms with Gasteiger partial charge in [0.15, 0.2) is 0 Å². The Bertz CT molecular complexity index is 1570. The molecule has 0 bridgehead atoms. The van der Waals surface area contributed by atoms with E-state index in [0.717, 1.165) is 59.3 Å². The number of nitrogens with zero attached hydrogens (tertiary/aromatic N) is 5. The predicted octanol–water partition coefficient (Wildman–Crippen LogP) is 4.48. The normalized spacial score (nSPS) is 20.8. The van der Waals surface area contributed by atoms with Crippen LogP contribution in [-0.2, 0) is 17.8 Å². The number of para-hydroxylation sites is 1. The number of hydrogen-bond donors (Lipinski definition) is 3. The van der Waals surface area contributed by atoms with Gasteiger partial charge in [0.25, 0.3) is 0 Å². The molecule has 2 aromatic carbocycles. The number of imidazole rings is 1. The lowest BCUT2D eigenvalue weighted by Crippen LogP contribution is -2.57. The van der Waals surface area contributed by atoms with Gasteiger partial charge in [0, 0.05) is 56.9 Å². The van der Waals surface area contributed by atoms with E-state index in [1.807, 2.05) is 47.1 Å². The van der Waals surface area contributed by atoms with Gasteiger partial charge in [-0.2, -0.15) is 0 Å². The smallest absolute Gasteiger partial charge is 0.322 e. The second-order valence-corrected chi connectivity index (χ2v) is 13.5. The van der Waals surface area contributed by atoms with Crippen molar-refractivity contribution in [3.05, 3.63) is 59.4 Å². The molecule has 4 aliphatic rings. The van der Waals surface area contributed by atoms with E-state index in [1.54, 1.807) is 11.2 Å². The van der Waals surface area contributed by atoms with Crippen molar-refractivity contribution in [1.82, 2.24) is 34.9 Å². The molecule has 3 N–H and O–H groups in total. The van der Waals surface area contributed by atoms with Gasteiger partial charge < -0.3 is 35.2 Å². The summed E-state index contributed by atoms with van der Waals surface area (Å²) in [5, 5.41) is 6.16. The number of amides is 5. The number of urea groups is 2. The number of aromatic amines is 1. The van der Waals surface area contributed by atoms with E-state index in [1.165, 1.54) is 32.4 Å². The van der Waals surface area contributed by atoms with Crippen molar-refractivity contribution in [3.8, 4) is 0 Å². The lowest BCUT2D eigenvalue weighted by Gasteiger charge is -2.42. The van der Waals surface area contributed by atoms with Crippen LogP contribution in [-0.4, -0.2) is 105 Å². The number of anilines is 1. The van der Waals surface area contributed by atoms with Gasteiger partial charge in [0.1, 0.15) is 6.04 Å². The zero-order valence-corrected chi connectivity index (χ0v) is 26.8. The summed E-state index contributed by atoms with van der Waals surface area (Å²) in [6.07, 6.45) is 9.31. The first-order valence-electron chi connectivity index (χ1n) is 17.1. The van der Waals surface area contributed by atoms with E-state index < -0.39 is 6.04 Å². The van der Waals surface area contributed by atoms with E-state index in [4.69, 9.17) is 0 Å². The average molecular weight is 627 g/mol. The monoisotopic (exact) mass is 626 g/mol. The van der Waals surface area contributed by atoms with Crippen LogP contribution in [0.25, 0.3) is 11.0 Å². The fourth-order valence-corrected chi connectivity index (χ4v) is 7.95. The second kappa shape index (κ2) is 13.3. The molecule has 3 saturated heterocycles. The number of nitrogens with one attached hydrogen (secondary N) is 3. The second-order valence-electron chi connectivity index (χ2n) is 13.5. The topological polar surface area (TPSA) is 117 Å². The number of fused-ring (bicyclic) bond motifs is 2. The van der Waals surface area contributed by atoms with Gasteiger partial charge in [-0.1, -0.05) is 30.7 Å². The lowest BCUT2D eigenvalue weighted by atomic mass is 9.97. The van der Waals surface area contributed by atoms with E-state index in [9.17, 15) is 14.4 Å². The summed E-state index contributed by atoms with van der Waals surface area (Å²) < 4.78 is 0. The van der Waals surface area contributed by atoms with Crippen LogP contribution in [0.15, 0.2) is 42.7 Å². The molecular weight excluding hydrogens is 580 g/mol. The zero-order valence-electron chi connectivity index (χ0n) is 26.8. The number of likely N-dealkylation sites (tertiary alicyclic amines) is 3. The number of aromatic nitrogens is 2. The number of piperidine rings is 3. The number of benzene rings is 2. The van der Waals surface area contributed by atoms with E-state index in [2.05, 4.69) is 31.6 Å². The maximum atomic E-state index is 14.1. The summed E-state index contributed by atoms with van der Waals surface area (Å²) in [6, 6.07) is 11.6. The summed E-state index contributed by atoms with van der Waals surface area (Å²) in [5.74, 6) is -0.00801. The highest BCUT2D eigenvalue weighted by atomic mass is 16.2. The first-order valence-corrected chi connectivity index (χ1v) is 17.1. The molecule has 1 aromatic heterocycles. The highest BCUT2D eigenvalue weighted by Gasteiger charge is 2.35. The van der Waals surface area contributed by atoms with Gasteiger partial charge in [-0.15, -0.1) is 0 Å². The van der Waals surface area contributed by atoms with E-state index >= 15 is 0 Å². The molecule has 5 amide bonds. The molecular formula is C35H46N8O3. The minimum atomic E-state index is -0.666. The lowest BCUT2D eigenvalue weighted by molar-refractivity contribution is -0.134. The Morgan fingerprint density at radius 2 is 1.65 bits per heavy atom. The van der Waals surface area contributed by atoms with Gasteiger partial charge in [0.2, 0.25) is 5.91 Å².